The standard InChI is InChI=1S/C25H24ClNO2/c1-18(2)29-22-14-12-19(13-15-22)17-27-25(28)23(20-8-4-3-5-9-20)16-21-10-6-7-11-24(21)26/h3-16,18H,17H2,1-2H3,(H,27,28)/b23-16+. The van der Waals surface area contributed by atoms with Gasteiger partial charge in [0.15, 0.2) is 0 Å². The highest BCUT2D eigenvalue weighted by Gasteiger charge is 2.13. The van der Waals surface area contributed by atoms with Crippen molar-refractivity contribution in [2.75, 3.05) is 0 Å². The lowest BCUT2D eigenvalue weighted by Gasteiger charge is -2.12. The van der Waals surface area contributed by atoms with Crippen LogP contribution in [-0.2, 0) is 11.3 Å². The van der Waals surface area contributed by atoms with Crippen LogP contribution in [0, 0.1) is 0 Å². The first kappa shape index (κ1) is 20.7. The van der Waals surface area contributed by atoms with Crippen LogP contribution in [0.3, 0.4) is 0 Å². The Balaban J connectivity index is 1.78. The summed E-state index contributed by atoms with van der Waals surface area (Å²) in [6.07, 6.45) is 1.95. The van der Waals surface area contributed by atoms with Gasteiger partial charge in [0.1, 0.15) is 5.75 Å². The van der Waals surface area contributed by atoms with Gasteiger partial charge < -0.3 is 10.1 Å². The normalized spacial score (nSPS) is 11.4. The molecule has 0 radical (unpaired) electrons. The van der Waals surface area contributed by atoms with Gasteiger partial charge in [-0.2, -0.15) is 0 Å². The van der Waals surface area contributed by atoms with Gasteiger partial charge in [-0.05, 0) is 54.8 Å². The molecule has 29 heavy (non-hydrogen) atoms. The van der Waals surface area contributed by atoms with Gasteiger partial charge >= 0.3 is 0 Å². The molecule has 0 aliphatic rings. The van der Waals surface area contributed by atoms with E-state index in [1.165, 1.54) is 0 Å². The first-order chi connectivity index (χ1) is 14.0. The Labute approximate surface area is 177 Å². The Bertz CT molecular complexity index is 979. The van der Waals surface area contributed by atoms with Gasteiger partial charge in [-0.1, -0.05) is 72.3 Å². The Hall–Kier alpha value is -3.04. The predicted molar refractivity (Wildman–Crippen MR) is 120 cm³/mol. The SMILES string of the molecule is CC(C)Oc1ccc(CNC(=O)/C(=C/c2ccccc2Cl)c2ccccc2)cc1. The molecule has 0 heterocycles. The van der Waals surface area contributed by atoms with E-state index in [1.807, 2.05) is 98.8 Å². The largest absolute Gasteiger partial charge is 0.491 e. The molecule has 0 aromatic heterocycles. The second kappa shape index (κ2) is 9.94. The zero-order chi connectivity index (χ0) is 20.6. The quantitative estimate of drug-likeness (QED) is 0.387. The summed E-state index contributed by atoms with van der Waals surface area (Å²) in [5.74, 6) is 0.664. The fourth-order valence-corrected chi connectivity index (χ4v) is 3.07. The lowest BCUT2D eigenvalue weighted by atomic mass is 10.0. The van der Waals surface area contributed by atoms with Crippen LogP contribution in [0.5, 0.6) is 5.75 Å². The van der Waals surface area contributed by atoms with E-state index in [1.54, 1.807) is 0 Å². The molecule has 148 valence electrons. The molecule has 0 saturated carbocycles. The van der Waals surface area contributed by atoms with Gasteiger partial charge in [0.2, 0.25) is 0 Å². The Morgan fingerprint density at radius 2 is 1.62 bits per heavy atom. The molecule has 0 aliphatic heterocycles. The van der Waals surface area contributed by atoms with Crippen LogP contribution in [0.1, 0.15) is 30.5 Å². The van der Waals surface area contributed by atoms with E-state index in [-0.39, 0.29) is 12.0 Å². The highest BCUT2D eigenvalue weighted by atomic mass is 35.5. The number of benzene rings is 3. The Morgan fingerprint density at radius 1 is 0.966 bits per heavy atom. The summed E-state index contributed by atoms with van der Waals surface area (Å²) in [5.41, 5.74) is 3.21. The number of amides is 1. The van der Waals surface area contributed by atoms with Crippen molar-refractivity contribution in [2.24, 2.45) is 0 Å². The van der Waals surface area contributed by atoms with Gasteiger partial charge in [-0.3, -0.25) is 4.79 Å². The summed E-state index contributed by atoms with van der Waals surface area (Å²) in [7, 11) is 0. The van der Waals surface area contributed by atoms with Gasteiger partial charge in [0.05, 0.1) is 6.10 Å². The molecule has 3 aromatic rings. The molecule has 0 atom stereocenters. The van der Waals surface area contributed by atoms with Crippen LogP contribution >= 0.6 is 11.6 Å². The lowest BCUT2D eigenvalue weighted by molar-refractivity contribution is -0.115. The van der Waals surface area contributed by atoms with E-state index in [4.69, 9.17) is 16.3 Å². The minimum Gasteiger partial charge on any atom is -0.491 e. The molecule has 0 fully saturated rings. The monoisotopic (exact) mass is 405 g/mol. The number of carbonyl (C=O) groups is 1. The van der Waals surface area contributed by atoms with Crippen LogP contribution in [-0.4, -0.2) is 12.0 Å². The van der Waals surface area contributed by atoms with Crippen molar-refractivity contribution in [2.45, 2.75) is 26.5 Å². The van der Waals surface area contributed by atoms with Crippen LogP contribution < -0.4 is 10.1 Å². The second-order valence-electron chi connectivity index (χ2n) is 6.94. The number of ether oxygens (including phenoxy) is 1. The number of nitrogens with one attached hydrogen (secondary N) is 1. The van der Waals surface area contributed by atoms with Crippen LogP contribution in [0.25, 0.3) is 11.6 Å². The minimum absolute atomic E-state index is 0.129. The maximum atomic E-state index is 13.0. The summed E-state index contributed by atoms with van der Waals surface area (Å²) in [6.45, 7) is 4.41. The fraction of sp³-hybridized carbons (Fsp3) is 0.160. The maximum absolute atomic E-state index is 13.0. The number of hydrogen-bond acceptors (Lipinski definition) is 2. The summed E-state index contributed by atoms with van der Waals surface area (Å²) in [5, 5.41) is 3.61. The Kier molecular flexibility index (Phi) is 7.09. The Morgan fingerprint density at radius 3 is 2.28 bits per heavy atom. The topological polar surface area (TPSA) is 38.3 Å². The van der Waals surface area contributed by atoms with Gasteiger partial charge in [0.25, 0.3) is 5.91 Å². The number of rotatable bonds is 7. The van der Waals surface area contributed by atoms with E-state index in [0.29, 0.717) is 17.1 Å². The van der Waals surface area contributed by atoms with Crippen molar-refractivity contribution in [3.05, 3.63) is 101 Å². The first-order valence-corrected chi connectivity index (χ1v) is 9.96. The average Bonchev–Trinajstić information content (AvgIpc) is 2.72. The van der Waals surface area contributed by atoms with Crippen molar-refractivity contribution in [1.82, 2.24) is 5.32 Å². The maximum Gasteiger partial charge on any atom is 0.252 e. The average molecular weight is 406 g/mol. The minimum atomic E-state index is -0.154. The zero-order valence-electron chi connectivity index (χ0n) is 16.6. The lowest BCUT2D eigenvalue weighted by Crippen LogP contribution is -2.23. The van der Waals surface area contributed by atoms with Crippen molar-refractivity contribution in [3.63, 3.8) is 0 Å². The number of carbonyl (C=O) groups excluding carboxylic acids is 1. The molecular weight excluding hydrogens is 382 g/mol. The van der Waals surface area contributed by atoms with Crippen molar-refractivity contribution in [1.29, 1.82) is 0 Å². The van der Waals surface area contributed by atoms with Crippen molar-refractivity contribution < 1.29 is 9.53 Å². The van der Waals surface area contributed by atoms with Crippen molar-refractivity contribution in [3.8, 4) is 5.75 Å². The van der Waals surface area contributed by atoms with Gasteiger partial charge in [0, 0.05) is 17.1 Å². The molecule has 0 saturated heterocycles. The summed E-state index contributed by atoms with van der Waals surface area (Å²) < 4.78 is 5.66. The van der Waals surface area contributed by atoms with Crippen molar-refractivity contribution >= 4 is 29.2 Å². The molecule has 0 bridgehead atoms. The molecule has 0 aliphatic carbocycles. The van der Waals surface area contributed by atoms with Gasteiger partial charge in [-0.25, -0.2) is 0 Å². The van der Waals surface area contributed by atoms with E-state index in [9.17, 15) is 4.79 Å². The molecule has 0 unspecified atom stereocenters. The molecule has 1 N–H and O–H groups in total. The molecular formula is C25H24ClNO2. The summed E-state index contributed by atoms with van der Waals surface area (Å²) in [4.78, 5) is 13.0. The smallest absolute Gasteiger partial charge is 0.252 e. The molecule has 3 rings (SSSR count). The summed E-state index contributed by atoms with van der Waals surface area (Å²) >= 11 is 6.30. The highest BCUT2D eigenvalue weighted by molar-refractivity contribution is 6.33. The molecule has 0 spiro atoms. The summed E-state index contributed by atoms with van der Waals surface area (Å²) in [6, 6.07) is 24.8. The van der Waals surface area contributed by atoms with Crippen LogP contribution in [0.15, 0.2) is 78.9 Å². The molecule has 1 amide bonds. The number of hydrogen-bond donors (Lipinski definition) is 1. The van der Waals surface area contributed by atoms with E-state index in [2.05, 4.69) is 5.32 Å². The fourth-order valence-electron chi connectivity index (χ4n) is 2.88. The molecule has 4 heteroatoms. The third-order valence-electron chi connectivity index (χ3n) is 4.28. The van der Waals surface area contributed by atoms with E-state index >= 15 is 0 Å². The van der Waals surface area contributed by atoms with Gasteiger partial charge in [-0.15, -0.1) is 0 Å². The third kappa shape index (κ3) is 5.97. The first-order valence-electron chi connectivity index (χ1n) is 9.58. The van der Waals surface area contributed by atoms with Crippen LogP contribution in [0.2, 0.25) is 5.02 Å². The highest BCUT2D eigenvalue weighted by Crippen LogP contribution is 2.23. The molecule has 3 aromatic carbocycles. The zero-order valence-corrected chi connectivity index (χ0v) is 17.3. The van der Waals surface area contributed by atoms with Crippen LogP contribution in [0.4, 0.5) is 0 Å². The van der Waals surface area contributed by atoms with E-state index in [0.717, 1.165) is 22.4 Å². The van der Waals surface area contributed by atoms with E-state index < -0.39 is 0 Å². The molecule has 3 nitrogen and oxygen atoms in total. The predicted octanol–water partition coefficient (Wildman–Crippen LogP) is 5.98. The second-order valence-corrected chi connectivity index (χ2v) is 7.35. The number of halogens is 1. The third-order valence-corrected chi connectivity index (χ3v) is 4.63.